The number of nitrogens with zero attached hydrogens (tertiary/aromatic N) is 3. The molecule has 176 valence electrons. The van der Waals surface area contributed by atoms with E-state index in [1.54, 1.807) is 23.1 Å². The van der Waals surface area contributed by atoms with Gasteiger partial charge in [0.2, 0.25) is 11.8 Å². The lowest BCUT2D eigenvalue weighted by Gasteiger charge is -2.33. The first kappa shape index (κ1) is 23.4. The van der Waals surface area contributed by atoms with E-state index in [0.29, 0.717) is 36.6 Å². The average molecular weight is 490 g/mol. The summed E-state index contributed by atoms with van der Waals surface area (Å²) in [5.74, 6) is -0.345. The molecule has 2 aromatic rings. The van der Waals surface area contributed by atoms with Crippen molar-refractivity contribution in [3.63, 3.8) is 0 Å². The van der Waals surface area contributed by atoms with E-state index in [1.165, 1.54) is 17.4 Å². The Bertz CT molecular complexity index is 1200. The number of aliphatic imine (C=N–C) groups is 1. The van der Waals surface area contributed by atoms with Crippen LogP contribution < -0.4 is 10.0 Å². The van der Waals surface area contributed by atoms with Crippen LogP contribution in [0.5, 0.6) is 0 Å². The fourth-order valence-corrected chi connectivity index (χ4v) is 5.96. The van der Waals surface area contributed by atoms with Gasteiger partial charge in [0.25, 0.3) is 10.0 Å². The van der Waals surface area contributed by atoms with Gasteiger partial charge in [-0.15, -0.1) is 11.3 Å². The molecular weight excluding hydrogens is 462 g/mol. The fourth-order valence-electron chi connectivity index (χ4n) is 4.03. The van der Waals surface area contributed by atoms with Crippen LogP contribution >= 0.6 is 11.3 Å². The molecule has 2 N–H and O–H groups in total. The molecule has 1 aromatic carbocycles. The van der Waals surface area contributed by atoms with Gasteiger partial charge in [-0.05, 0) is 37.8 Å². The van der Waals surface area contributed by atoms with Gasteiger partial charge >= 0.3 is 0 Å². The van der Waals surface area contributed by atoms with Crippen LogP contribution in [0.4, 0.5) is 5.13 Å². The Morgan fingerprint density at radius 3 is 2.58 bits per heavy atom. The van der Waals surface area contributed by atoms with E-state index in [9.17, 15) is 18.0 Å². The number of hydrogen-bond donors (Lipinski definition) is 2. The van der Waals surface area contributed by atoms with Crippen molar-refractivity contribution in [2.45, 2.75) is 44.6 Å². The number of carbonyl (C=O) groups is 2. The number of carbonyl (C=O) groups excluding carboxylic acids is 2. The minimum Gasteiger partial charge on any atom is -0.341 e. The zero-order chi connectivity index (χ0) is 23.8. The Morgan fingerprint density at radius 2 is 1.94 bits per heavy atom. The van der Waals surface area contributed by atoms with Gasteiger partial charge in [-0.25, -0.2) is 13.4 Å². The summed E-state index contributed by atoms with van der Waals surface area (Å²) in [6, 6.07) is 5.88. The average Bonchev–Trinajstić information content (AvgIpc) is 3.31. The quantitative estimate of drug-likeness (QED) is 0.668. The number of benzene rings is 1. The number of sulfonamides is 1. The van der Waals surface area contributed by atoms with Gasteiger partial charge in [-0.2, -0.15) is 0 Å². The number of thiazole rings is 1. The van der Waals surface area contributed by atoms with Crippen LogP contribution in [0.1, 0.15) is 37.9 Å². The number of hydrogen-bond acceptors (Lipinski definition) is 7. The molecule has 0 aliphatic carbocycles. The number of nitrogens with one attached hydrogen (secondary N) is 2. The first-order valence-corrected chi connectivity index (χ1v) is 13.2. The van der Waals surface area contributed by atoms with Gasteiger partial charge in [0.15, 0.2) is 5.13 Å². The van der Waals surface area contributed by atoms with E-state index in [1.807, 2.05) is 26.2 Å². The number of anilines is 1. The predicted octanol–water partition coefficient (Wildman–Crippen LogP) is 2.39. The third-order valence-electron chi connectivity index (χ3n) is 5.84. The number of fused-ring (bicyclic) bond motifs is 1. The van der Waals surface area contributed by atoms with Gasteiger partial charge < -0.3 is 10.2 Å². The zero-order valence-electron chi connectivity index (χ0n) is 18.7. The monoisotopic (exact) mass is 489 g/mol. The highest BCUT2D eigenvalue weighted by Gasteiger charge is 2.35. The second-order valence-corrected chi connectivity index (χ2v) is 11.2. The summed E-state index contributed by atoms with van der Waals surface area (Å²) in [7, 11) is -3.67. The number of amidine groups is 1. The van der Waals surface area contributed by atoms with Crippen LogP contribution in [-0.2, 0) is 19.6 Å². The maximum atomic E-state index is 13.3. The molecule has 0 saturated carbocycles. The van der Waals surface area contributed by atoms with Crippen molar-refractivity contribution in [2.24, 2.45) is 16.8 Å². The number of rotatable bonds is 5. The molecule has 0 spiro atoms. The Kier molecular flexibility index (Phi) is 6.53. The Morgan fingerprint density at radius 1 is 1.24 bits per heavy atom. The maximum absolute atomic E-state index is 13.3. The molecule has 1 fully saturated rings. The number of amides is 2. The van der Waals surface area contributed by atoms with E-state index in [0.717, 1.165) is 5.69 Å². The molecule has 4 rings (SSSR count). The molecule has 1 saturated heterocycles. The number of aromatic nitrogens is 1. The van der Waals surface area contributed by atoms with Crippen LogP contribution in [0.15, 0.2) is 39.5 Å². The summed E-state index contributed by atoms with van der Waals surface area (Å²) in [4.78, 5) is 36.6. The molecule has 33 heavy (non-hydrogen) atoms. The lowest BCUT2D eigenvalue weighted by molar-refractivity contribution is -0.136. The molecule has 0 radical (unpaired) electrons. The second kappa shape index (κ2) is 9.22. The van der Waals surface area contributed by atoms with Gasteiger partial charge in [-0.3, -0.25) is 19.3 Å². The highest BCUT2D eigenvalue weighted by atomic mass is 32.2. The minimum absolute atomic E-state index is 0.0749. The summed E-state index contributed by atoms with van der Waals surface area (Å²) < 4.78 is 27.3. The number of likely N-dealkylation sites (tertiary alicyclic amines) is 1. The van der Waals surface area contributed by atoms with Crippen LogP contribution in [0, 0.1) is 18.8 Å². The largest absolute Gasteiger partial charge is 0.341 e. The first-order valence-electron chi connectivity index (χ1n) is 10.9. The maximum Gasteiger partial charge on any atom is 0.263 e. The molecule has 2 aliphatic rings. The van der Waals surface area contributed by atoms with Gasteiger partial charge in [0, 0.05) is 30.0 Å². The smallest absolute Gasteiger partial charge is 0.263 e. The SMILES string of the molecule is Cc1csc(NC(=O)C2CCN(C(=O)[C@@H](N=C3NS(=O)(=O)c4ccccc43)C(C)C)CC2)n1. The topological polar surface area (TPSA) is 121 Å². The first-order chi connectivity index (χ1) is 15.7. The summed E-state index contributed by atoms with van der Waals surface area (Å²) in [6.45, 7) is 6.55. The van der Waals surface area contributed by atoms with E-state index in [2.05, 4.69) is 20.0 Å². The normalized spacial score (nSPS) is 19.9. The van der Waals surface area contributed by atoms with Crippen molar-refractivity contribution in [3.8, 4) is 0 Å². The number of piperidine rings is 1. The Hall–Kier alpha value is -2.79. The van der Waals surface area contributed by atoms with E-state index in [-0.39, 0.29) is 34.4 Å². The standard InChI is InChI=1S/C22H27N5O4S2/c1-13(2)18(24-19-16-6-4-5-7-17(16)33(30,31)26-19)21(29)27-10-8-15(9-11-27)20(28)25-22-23-14(3)12-32-22/h4-7,12-13,15,18H,8-11H2,1-3H3,(H,24,26)(H,23,25,28)/t18-/m0/s1. The Labute approximate surface area is 197 Å². The van der Waals surface area contributed by atoms with Crippen molar-refractivity contribution in [1.29, 1.82) is 0 Å². The molecule has 11 heteroatoms. The van der Waals surface area contributed by atoms with Crippen LogP contribution in [0.2, 0.25) is 0 Å². The Balaban J connectivity index is 1.44. The summed E-state index contributed by atoms with van der Waals surface area (Å²) in [5.41, 5.74) is 1.34. The molecule has 0 unspecified atom stereocenters. The molecule has 3 heterocycles. The highest BCUT2D eigenvalue weighted by molar-refractivity contribution is 7.90. The van der Waals surface area contributed by atoms with Crippen molar-refractivity contribution in [1.82, 2.24) is 14.6 Å². The lowest BCUT2D eigenvalue weighted by Crippen LogP contribution is -2.47. The highest BCUT2D eigenvalue weighted by Crippen LogP contribution is 2.26. The van der Waals surface area contributed by atoms with Crippen molar-refractivity contribution in [2.75, 3.05) is 18.4 Å². The van der Waals surface area contributed by atoms with Crippen molar-refractivity contribution >= 4 is 44.1 Å². The number of aryl methyl sites for hydroxylation is 1. The van der Waals surface area contributed by atoms with Crippen LogP contribution in [0.3, 0.4) is 0 Å². The molecule has 9 nitrogen and oxygen atoms in total. The zero-order valence-corrected chi connectivity index (χ0v) is 20.4. The van der Waals surface area contributed by atoms with Crippen molar-refractivity contribution in [3.05, 3.63) is 40.9 Å². The minimum atomic E-state index is -3.67. The van der Waals surface area contributed by atoms with Gasteiger partial charge in [0.1, 0.15) is 11.9 Å². The molecule has 1 atom stereocenters. The van der Waals surface area contributed by atoms with Crippen molar-refractivity contribution < 1.29 is 18.0 Å². The molecular formula is C22H27N5O4S2. The molecule has 2 aliphatic heterocycles. The van der Waals surface area contributed by atoms with Gasteiger partial charge in [-0.1, -0.05) is 26.0 Å². The van der Waals surface area contributed by atoms with Gasteiger partial charge in [0.05, 0.1) is 10.6 Å². The van der Waals surface area contributed by atoms with Crippen LogP contribution in [-0.4, -0.2) is 55.1 Å². The fraction of sp³-hybridized carbons (Fsp3) is 0.455. The summed E-state index contributed by atoms with van der Waals surface area (Å²) in [6.07, 6.45) is 1.11. The third kappa shape index (κ3) is 4.93. The molecule has 1 aromatic heterocycles. The second-order valence-electron chi connectivity index (χ2n) is 8.65. The van der Waals surface area contributed by atoms with E-state index >= 15 is 0 Å². The molecule has 0 bridgehead atoms. The lowest BCUT2D eigenvalue weighted by atomic mass is 9.94. The summed E-state index contributed by atoms with van der Waals surface area (Å²) in [5, 5.41) is 5.33. The van der Waals surface area contributed by atoms with E-state index in [4.69, 9.17) is 0 Å². The predicted molar refractivity (Wildman–Crippen MR) is 127 cm³/mol. The van der Waals surface area contributed by atoms with Crippen LogP contribution in [0.25, 0.3) is 0 Å². The molecule has 2 amide bonds. The third-order valence-corrected chi connectivity index (χ3v) is 8.11. The summed E-state index contributed by atoms with van der Waals surface area (Å²) >= 11 is 1.39. The van der Waals surface area contributed by atoms with E-state index < -0.39 is 16.1 Å².